The second-order valence-corrected chi connectivity index (χ2v) is 10.6. The van der Waals surface area contributed by atoms with E-state index in [4.69, 9.17) is 32.7 Å². The summed E-state index contributed by atoms with van der Waals surface area (Å²) in [6, 6.07) is 8.66. The first-order chi connectivity index (χ1) is 16.6. The molecule has 1 N–H and O–H groups in total. The second kappa shape index (κ2) is 11.4. The molecule has 0 saturated carbocycles. The van der Waals surface area contributed by atoms with Crippen LogP contribution < -0.4 is 19.1 Å². The highest BCUT2D eigenvalue weighted by Crippen LogP contribution is 2.36. The SMILES string of the molecule is CCNC(=O)[C@@H](CC)N(Cc1c(Cl)cccc1Cl)C(=O)CN(c1ccc2c(c1)OCO2)S(C)(=O)=O. The molecule has 12 heteroatoms. The van der Waals surface area contributed by atoms with Gasteiger partial charge in [-0.3, -0.25) is 13.9 Å². The number of likely N-dealkylation sites (N-methyl/N-ethyl adjacent to an activating group) is 1. The zero-order valence-corrected chi connectivity index (χ0v) is 21.9. The fraction of sp³-hybridized carbons (Fsp3) is 0.391. The Morgan fingerprint density at radius 3 is 2.34 bits per heavy atom. The van der Waals surface area contributed by atoms with E-state index in [0.29, 0.717) is 40.1 Å². The molecule has 0 aromatic heterocycles. The number of nitrogens with zero attached hydrogens (tertiary/aromatic N) is 2. The number of sulfonamides is 1. The van der Waals surface area contributed by atoms with Gasteiger partial charge in [0.05, 0.1) is 11.9 Å². The van der Waals surface area contributed by atoms with Crippen LogP contribution in [0.25, 0.3) is 0 Å². The minimum atomic E-state index is -3.88. The highest BCUT2D eigenvalue weighted by molar-refractivity contribution is 7.92. The molecule has 35 heavy (non-hydrogen) atoms. The fourth-order valence-electron chi connectivity index (χ4n) is 3.72. The van der Waals surface area contributed by atoms with Crippen LogP contribution in [0.3, 0.4) is 0 Å². The van der Waals surface area contributed by atoms with Gasteiger partial charge in [0.2, 0.25) is 28.6 Å². The molecule has 1 aliphatic rings. The third kappa shape index (κ3) is 6.31. The number of hydrogen-bond acceptors (Lipinski definition) is 6. The van der Waals surface area contributed by atoms with Crippen LogP contribution in [-0.4, -0.2) is 57.3 Å². The Labute approximate surface area is 214 Å². The van der Waals surface area contributed by atoms with Gasteiger partial charge in [-0.15, -0.1) is 0 Å². The highest BCUT2D eigenvalue weighted by atomic mass is 35.5. The van der Waals surface area contributed by atoms with Crippen molar-refractivity contribution in [3.63, 3.8) is 0 Å². The maximum absolute atomic E-state index is 13.6. The van der Waals surface area contributed by atoms with Crippen molar-refractivity contribution >= 4 is 50.7 Å². The highest BCUT2D eigenvalue weighted by Gasteiger charge is 2.32. The molecule has 0 bridgehead atoms. The number of fused-ring (bicyclic) bond motifs is 1. The van der Waals surface area contributed by atoms with E-state index in [1.165, 1.54) is 17.0 Å². The van der Waals surface area contributed by atoms with E-state index in [1.807, 2.05) is 0 Å². The van der Waals surface area contributed by atoms with Crippen LogP contribution in [-0.2, 0) is 26.2 Å². The van der Waals surface area contributed by atoms with Gasteiger partial charge in [-0.25, -0.2) is 8.42 Å². The molecule has 9 nitrogen and oxygen atoms in total. The summed E-state index contributed by atoms with van der Waals surface area (Å²) < 4.78 is 37.0. The second-order valence-electron chi connectivity index (χ2n) is 7.85. The zero-order chi connectivity index (χ0) is 25.8. The number of nitrogens with one attached hydrogen (secondary N) is 1. The van der Waals surface area contributed by atoms with Crippen LogP contribution in [0, 0.1) is 0 Å². The van der Waals surface area contributed by atoms with Crippen LogP contribution in [0.4, 0.5) is 5.69 Å². The number of carbonyl (C=O) groups is 2. The van der Waals surface area contributed by atoms with Crippen LogP contribution >= 0.6 is 23.2 Å². The van der Waals surface area contributed by atoms with Crippen molar-refractivity contribution in [2.75, 3.05) is 30.4 Å². The molecule has 0 saturated heterocycles. The molecule has 2 aromatic carbocycles. The van der Waals surface area contributed by atoms with Crippen LogP contribution in [0.5, 0.6) is 11.5 Å². The summed E-state index contributed by atoms with van der Waals surface area (Å²) in [4.78, 5) is 27.8. The Morgan fingerprint density at radius 1 is 1.09 bits per heavy atom. The Hall–Kier alpha value is -2.69. The van der Waals surface area contributed by atoms with Gasteiger partial charge in [-0.05, 0) is 37.6 Å². The number of carbonyl (C=O) groups excluding carboxylic acids is 2. The number of anilines is 1. The quantitative estimate of drug-likeness (QED) is 0.492. The molecule has 2 aromatic rings. The number of rotatable bonds is 10. The van der Waals surface area contributed by atoms with Crippen LogP contribution in [0.1, 0.15) is 25.8 Å². The number of benzene rings is 2. The average molecular weight is 544 g/mol. The molecule has 3 rings (SSSR count). The first-order valence-corrected chi connectivity index (χ1v) is 13.5. The van der Waals surface area contributed by atoms with Gasteiger partial charge in [0.1, 0.15) is 12.6 Å². The summed E-state index contributed by atoms with van der Waals surface area (Å²) in [5, 5.41) is 3.39. The van der Waals surface area contributed by atoms with Gasteiger partial charge >= 0.3 is 0 Å². The molecular weight excluding hydrogens is 517 g/mol. The number of amides is 2. The molecule has 190 valence electrons. The number of hydrogen-bond donors (Lipinski definition) is 1. The first-order valence-electron chi connectivity index (χ1n) is 10.9. The molecule has 0 unspecified atom stereocenters. The van der Waals surface area contributed by atoms with Crippen LogP contribution in [0.2, 0.25) is 10.0 Å². The predicted octanol–water partition coefficient (Wildman–Crippen LogP) is 3.43. The lowest BCUT2D eigenvalue weighted by molar-refractivity contribution is -0.140. The molecule has 1 heterocycles. The van der Waals surface area contributed by atoms with Crippen molar-refractivity contribution in [3.8, 4) is 11.5 Å². The smallest absolute Gasteiger partial charge is 0.244 e. The summed E-state index contributed by atoms with van der Waals surface area (Å²) in [7, 11) is -3.88. The van der Waals surface area contributed by atoms with E-state index in [-0.39, 0.29) is 24.9 Å². The van der Waals surface area contributed by atoms with E-state index in [1.54, 1.807) is 38.1 Å². The Morgan fingerprint density at radius 2 is 1.74 bits per heavy atom. The van der Waals surface area contributed by atoms with E-state index in [0.717, 1.165) is 10.6 Å². The van der Waals surface area contributed by atoms with Crippen molar-refractivity contribution in [1.29, 1.82) is 0 Å². The van der Waals surface area contributed by atoms with Crippen molar-refractivity contribution < 1.29 is 27.5 Å². The molecule has 2 amide bonds. The first kappa shape index (κ1) is 26.9. The molecular formula is C23H27Cl2N3O6S. The molecule has 0 fully saturated rings. The summed E-state index contributed by atoms with van der Waals surface area (Å²) in [5.74, 6) is -0.106. The van der Waals surface area contributed by atoms with Crippen molar-refractivity contribution in [1.82, 2.24) is 10.2 Å². The molecule has 1 atom stereocenters. The molecule has 0 radical (unpaired) electrons. The Balaban J connectivity index is 1.99. The third-order valence-electron chi connectivity index (χ3n) is 5.45. The van der Waals surface area contributed by atoms with Gasteiger partial charge < -0.3 is 19.7 Å². The number of halogens is 2. The minimum absolute atomic E-state index is 0.0215. The molecule has 0 spiro atoms. The lowest BCUT2D eigenvalue weighted by atomic mass is 10.1. The van der Waals surface area contributed by atoms with Gasteiger partial charge in [0, 0.05) is 34.8 Å². The number of ether oxygens (including phenoxy) is 2. The Kier molecular flexibility index (Phi) is 8.74. The van der Waals surface area contributed by atoms with Crippen molar-refractivity contribution in [2.24, 2.45) is 0 Å². The third-order valence-corrected chi connectivity index (χ3v) is 7.30. The lowest BCUT2D eigenvalue weighted by Gasteiger charge is -2.33. The molecule has 0 aliphatic carbocycles. The van der Waals surface area contributed by atoms with E-state index >= 15 is 0 Å². The standard InChI is InChI=1S/C23H27Cl2N3O6S/c1-4-19(23(30)26-5-2)27(12-16-17(24)7-6-8-18(16)25)22(29)13-28(35(3,31)32)15-9-10-20-21(11-15)34-14-33-20/h6-11,19H,4-5,12-14H2,1-3H3,(H,26,30)/t19-/m1/s1. The van der Waals surface area contributed by atoms with Gasteiger partial charge in [0.25, 0.3) is 0 Å². The van der Waals surface area contributed by atoms with E-state index in [9.17, 15) is 18.0 Å². The topological polar surface area (TPSA) is 105 Å². The maximum atomic E-state index is 13.6. The van der Waals surface area contributed by atoms with E-state index < -0.39 is 28.5 Å². The minimum Gasteiger partial charge on any atom is -0.454 e. The summed E-state index contributed by atoms with van der Waals surface area (Å²) >= 11 is 12.7. The maximum Gasteiger partial charge on any atom is 0.244 e. The largest absolute Gasteiger partial charge is 0.454 e. The summed E-state index contributed by atoms with van der Waals surface area (Å²) in [5.41, 5.74) is 0.688. The average Bonchev–Trinajstić information content (AvgIpc) is 3.26. The van der Waals surface area contributed by atoms with Crippen molar-refractivity contribution in [3.05, 3.63) is 52.0 Å². The van der Waals surface area contributed by atoms with E-state index in [2.05, 4.69) is 5.32 Å². The van der Waals surface area contributed by atoms with Gasteiger partial charge in [-0.1, -0.05) is 36.2 Å². The lowest BCUT2D eigenvalue weighted by Crippen LogP contribution is -2.52. The Bertz CT molecular complexity index is 1190. The normalized spacial score (nSPS) is 13.3. The summed E-state index contributed by atoms with van der Waals surface area (Å²) in [6.07, 6.45) is 1.30. The van der Waals surface area contributed by atoms with Crippen molar-refractivity contribution in [2.45, 2.75) is 32.9 Å². The fourth-order valence-corrected chi connectivity index (χ4v) is 5.08. The molecule has 1 aliphatic heterocycles. The summed E-state index contributed by atoms with van der Waals surface area (Å²) in [6.45, 7) is 3.31. The predicted molar refractivity (Wildman–Crippen MR) is 135 cm³/mol. The van der Waals surface area contributed by atoms with Crippen LogP contribution in [0.15, 0.2) is 36.4 Å². The van der Waals surface area contributed by atoms with Gasteiger partial charge in [0.15, 0.2) is 11.5 Å². The van der Waals surface area contributed by atoms with Gasteiger partial charge in [-0.2, -0.15) is 0 Å². The zero-order valence-electron chi connectivity index (χ0n) is 19.6. The monoisotopic (exact) mass is 543 g/mol.